The van der Waals surface area contributed by atoms with Crippen molar-refractivity contribution in [3.63, 3.8) is 0 Å². The molecule has 0 saturated heterocycles. The number of carbonyl (C=O) groups is 2. The Kier molecular flexibility index (Phi) is 6.76. The van der Waals surface area contributed by atoms with Gasteiger partial charge in [-0.2, -0.15) is 0 Å². The highest BCUT2D eigenvalue weighted by Crippen LogP contribution is 2.26. The molecule has 1 rings (SSSR count). The second kappa shape index (κ2) is 8.11. The first kappa shape index (κ1) is 15.0. The third-order valence-electron chi connectivity index (χ3n) is 3.63. The van der Waals surface area contributed by atoms with Crippen LogP contribution in [0.25, 0.3) is 0 Å². The lowest BCUT2D eigenvalue weighted by atomic mass is 9.86. The van der Waals surface area contributed by atoms with Crippen LogP contribution in [0, 0.1) is 5.92 Å². The summed E-state index contributed by atoms with van der Waals surface area (Å²) in [7, 11) is 0. The number of nitrogens with zero attached hydrogens (tertiary/aromatic N) is 1. The van der Waals surface area contributed by atoms with E-state index in [0.29, 0.717) is 25.4 Å². The van der Waals surface area contributed by atoms with E-state index in [9.17, 15) is 9.59 Å². The topological polar surface area (TPSA) is 49.4 Å². The molecule has 1 saturated carbocycles. The molecule has 0 atom stereocenters. The van der Waals surface area contributed by atoms with Crippen LogP contribution in [0.1, 0.15) is 52.4 Å². The molecule has 1 fully saturated rings. The molecule has 4 heteroatoms. The molecule has 0 aromatic rings. The number of carbonyl (C=O) groups excluding carboxylic acids is 2. The van der Waals surface area contributed by atoms with Gasteiger partial charge in [-0.15, -0.1) is 0 Å². The number of likely N-dealkylation sites (N-methyl/N-ethyl adjacent to an activating group) is 2. The molecular weight excluding hydrogens is 228 g/mol. The lowest BCUT2D eigenvalue weighted by molar-refractivity contribution is -0.136. The van der Waals surface area contributed by atoms with Gasteiger partial charge in [-0.1, -0.05) is 19.3 Å². The minimum absolute atomic E-state index is 0.0589. The van der Waals surface area contributed by atoms with Crippen molar-refractivity contribution in [2.45, 2.75) is 52.4 Å². The smallest absolute Gasteiger partial charge is 0.239 e. The molecule has 0 aromatic heterocycles. The van der Waals surface area contributed by atoms with E-state index in [2.05, 4.69) is 5.32 Å². The fraction of sp³-hybridized carbons (Fsp3) is 0.857. The summed E-state index contributed by atoms with van der Waals surface area (Å²) in [4.78, 5) is 25.3. The fourth-order valence-corrected chi connectivity index (χ4v) is 2.57. The third kappa shape index (κ3) is 5.07. The van der Waals surface area contributed by atoms with Crippen molar-refractivity contribution in [3.05, 3.63) is 0 Å². The molecule has 1 aliphatic carbocycles. The maximum atomic E-state index is 12.1. The van der Waals surface area contributed by atoms with Gasteiger partial charge in [0.1, 0.15) is 0 Å². The Labute approximate surface area is 110 Å². The Bertz CT molecular complexity index is 273. The summed E-state index contributed by atoms with van der Waals surface area (Å²) in [5.74, 6) is 0.613. The molecule has 18 heavy (non-hydrogen) atoms. The minimum atomic E-state index is -0.0589. The van der Waals surface area contributed by atoms with E-state index >= 15 is 0 Å². The van der Waals surface area contributed by atoms with Crippen molar-refractivity contribution in [3.8, 4) is 0 Å². The third-order valence-corrected chi connectivity index (χ3v) is 3.63. The van der Waals surface area contributed by atoms with Crippen LogP contribution < -0.4 is 5.32 Å². The molecule has 0 aromatic carbocycles. The first-order valence-electron chi connectivity index (χ1n) is 7.21. The van der Waals surface area contributed by atoms with Gasteiger partial charge in [-0.05, 0) is 32.6 Å². The molecular formula is C14H26N2O2. The van der Waals surface area contributed by atoms with E-state index in [1.807, 2.05) is 13.8 Å². The summed E-state index contributed by atoms with van der Waals surface area (Å²) >= 11 is 0. The van der Waals surface area contributed by atoms with Gasteiger partial charge in [0.25, 0.3) is 0 Å². The Morgan fingerprint density at radius 1 is 1.17 bits per heavy atom. The largest absolute Gasteiger partial charge is 0.355 e. The summed E-state index contributed by atoms with van der Waals surface area (Å²) in [6.07, 6.45) is 6.77. The summed E-state index contributed by atoms with van der Waals surface area (Å²) in [6.45, 7) is 5.25. The average molecular weight is 254 g/mol. The number of amides is 2. The van der Waals surface area contributed by atoms with Crippen LogP contribution in [-0.2, 0) is 9.59 Å². The molecule has 0 heterocycles. The quantitative estimate of drug-likeness (QED) is 0.787. The van der Waals surface area contributed by atoms with Crippen LogP contribution in [0.5, 0.6) is 0 Å². The highest BCUT2D eigenvalue weighted by molar-refractivity contribution is 5.84. The molecule has 0 spiro atoms. The van der Waals surface area contributed by atoms with Crippen LogP contribution >= 0.6 is 0 Å². The van der Waals surface area contributed by atoms with Gasteiger partial charge in [0, 0.05) is 19.5 Å². The van der Waals surface area contributed by atoms with Crippen LogP contribution in [0.4, 0.5) is 0 Å². The van der Waals surface area contributed by atoms with Crippen molar-refractivity contribution in [1.29, 1.82) is 0 Å². The normalized spacial score (nSPS) is 16.3. The van der Waals surface area contributed by atoms with Gasteiger partial charge in [0.05, 0.1) is 6.54 Å². The second-order valence-corrected chi connectivity index (χ2v) is 5.07. The van der Waals surface area contributed by atoms with Gasteiger partial charge >= 0.3 is 0 Å². The minimum Gasteiger partial charge on any atom is -0.355 e. The van der Waals surface area contributed by atoms with Crippen LogP contribution in [0.15, 0.2) is 0 Å². The van der Waals surface area contributed by atoms with Crippen LogP contribution in [-0.4, -0.2) is 36.3 Å². The zero-order valence-corrected chi connectivity index (χ0v) is 11.7. The molecule has 1 aliphatic rings. The van der Waals surface area contributed by atoms with Gasteiger partial charge in [0.15, 0.2) is 0 Å². The van der Waals surface area contributed by atoms with Crippen molar-refractivity contribution in [1.82, 2.24) is 10.2 Å². The summed E-state index contributed by atoms with van der Waals surface area (Å²) < 4.78 is 0. The van der Waals surface area contributed by atoms with Gasteiger partial charge in [-0.3, -0.25) is 9.59 Å². The predicted octanol–water partition coefficient (Wildman–Crippen LogP) is 1.94. The van der Waals surface area contributed by atoms with Crippen LogP contribution in [0.2, 0.25) is 0 Å². The zero-order valence-electron chi connectivity index (χ0n) is 11.7. The fourth-order valence-electron chi connectivity index (χ4n) is 2.57. The lowest BCUT2D eigenvalue weighted by Crippen LogP contribution is -2.41. The molecule has 4 nitrogen and oxygen atoms in total. The molecule has 0 aliphatic heterocycles. The lowest BCUT2D eigenvalue weighted by Gasteiger charge is -2.25. The molecule has 2 amide bonds. The molecule has 1 N–H and O–H groups in total. The number of nitrogens with one attached hydrogen (secondary N) is 1. The van der Waals surface area contributed by atoms with Crippen molar-refractivity contribution in [2.75, 3.05) is 19.6 Å². The van der Waals surface area contributed by atoms with Gasteiger partial charge in [-0.25, -0.2) is 0 Å². The average Bonchev–Trinajstić information content (AvgIpc) is 2.37. The van der Waals surface area contributed by atoms with Gasteiger partial charge < -0.3 is 10.2 Å². The maximum absolute atomic E-state index is 12.1. The SMILES string of the molecule is CCNC(=O)CN(CC)C(=O)CC1CCCCC1. The number of hydrogen-bond donors (Lipinski definition) is 1. The molecule has 0 bridgehead atoms. The van der Waals surface area contributed by atoms with Crippen LogP contribution in [0.3, 0.4) is 0 Å². The molecule has 0 radical (unpaired) electrons. The van der Waals surface area contributed by atoms with E-state index in [1.165, 1.54) is 32.1 Å². The maximum Gasteiger partial charge on any atom is 0.239 e. The highest BCUT2D eigenvalue weighted by Gasteiger charge is 2.21. The number of rotatable bonds is 6. The van der Waals surface area contributed by atoms with Crippen molar-refractivity contribution < 1.29 is 9.59 Å². The highest BCUT2D eigenvalue weighted by atomic mass is 16.2. The van der Waals surface area contributed by atoms with E-state index in [4.69, 9.17) is 0 Å². The molecule has 104 valence electrons. The monoisotopic (exact) mass is 254 g/mol. The summed E-state index contributed by atoms with van der Waals surface area (Å²) in [6, 6.07) is 0. The Balaban J connectivity index is 2.38. The first-order chi connectivity index (χ1) is 8.67. The summed E-state index contributed by atoms with van der Waals surface area (Å²) in [5.41, 5.74) is 0. The summed E-state index contributed by atoms with van der Waals surface area (Å²) in [5, 5.41) is 2.74. The predicted molar refractivity (Wildman–Crippen MR) is 72.1 cm³/mol. The Morgan fingerprint density at radius 3 is 2.39 bits per heavy atom. The van der Waals surface area contributed by atoms with Gasteiger partial charge in [0.2, 0.25) is 11.8 Å². The van der Waals surface area contributed by atoms with E-state index in [1.54, 1.807) is 4.90 Å². The zero-order chi connectivity index (χ0) is 13.4. The Hall–Kier alpha value is -1.06. The standard InChI is InChI=1S/C14H26N2O2/c1-3-15-13(17)11-16(4-2)14(18)10-12-8-6-5-7-9-12/h12H,3-11H2,1-2H3,(H,15,17). The second-order valence-electron chi connectivity index (χ2n) is 5.07. The van der Waals surface area contributed by atoms with E-state index < -0.39 is 0 Å². The van der Waals surface area contributed by atoms with Crippen molar-refractivity contribution in [2.24, 2.45) is 5.92 Å². The first-order valence-corrected chi connectivity index (χ1v) is 7.21. The van der Waals surface area contributed by atoms with E-state index in [-0.39, 0.29) is 18.4 Å². The number of hydrogen-bond acceptors (Lipinski definition) is 2. The molecule has 0 unspecified atom stereocenters. The van der Waals surface area contributed by atoms with Crippen molar-refractivity contribution >= 4 is 11.8 Å². The Morgan fingerprint density at radius 2 is 1.83 bits per heavy atom. The van der Waals surface area contributed by atoms with E-state index in [0.717, 1.165) is 0 Å².